The molecule has 0 heteroatoms. The van der Waals surface area contributed by atoms with E-state index < -0.39 is 0 Å². The molecule has 0 spiro atoms. The lowest BCUT2D eigenvalue weighted by Crippen LogP contribution is -1.72. The standard InChI is InChI=1S/C15H18/c1-5-8-11-14(4)12-13-15(9-6-2)10-7-3/h5-13H,1-2,4H2,3H3/b10-7-,11-8-,13-12+,15-9+. The molecular formula is C15H18. The molecule has 0 rings (SSSR count). The minimum absolute atomic E-state index is 0.939. The molecule has 0 aliphatic rings. The summed E-state index contributed by atoms with van der Waals surface area (Å²) >= 11 is 0. The van der Waals surface area contributed by atoms with Gasteiger partial charge in [0.25, 0.3) is 0 Å². The molecule has 0 heterocycles. The van der Waals surface area contributed by atoms with E-state index in [4.69, 9.17) is 0 Å². The zero-order valence-electron chi connectivity index (χ0n) is 9.32. The van der Waals surface area contributed by atoms with Crippen molar-refractivity contribution >= 4 is 0 Å². The molecule has 0 bridgehead atoms. The molecule has 0 fully saturated rings. The monoisotopic (exact) mass is 198 g/mol. The number of allylic oxidation sites excluding steroid dienone is 11. The van der Waals surface area contributed by atoms with Gasteiger partial charge in [-0.3, -0.25) is 0 Å². The van der Waals surface area contributed by atoms with Crippen LogP contribution < -0.4 is 0 Å². The van der Waals surface area contributed by atoms with E-state index in [2.05, 4.69) is 19.7 Å². The summed E-state index contributed by atoms with van der Waals surface area (Å²) in [6, 6.07) is 0. The summed E-state index contributed by atoms with van der Waals surface area (Å²) < 4.78 is 0. The van der Waals surface area contributed by atoms with Crippen molar-refractivity contribution < 1.29 is 0 Å². The van der Waals surface area contributed by atoms with Crippen LogP contribution in [0, 0.1) is 0 Å². The minimum atomic E-state index is 0.939. The van der Waals surface area contributed by atoms with E-state index in [0.717, 1.165) is 11.1 Å². The van der Waals surface area contributed by atoms with E-state index in [9.17, 15) is 0 Å². The predicted octanol–water partition coefficient (Wildman–Crippen LogP) is 4.53. The number of rotatable bonds is 6. The zero-order valence-corrected chi connectivity index (χ0v) is 9.32. The van der Waals surface area contributed by atoms with Crippen molar-refractivity contribution in [2.75, 3.05) is 0 Å². The molecule has 78 valence electrons. The minimum Gasteiger partial charge on any atom is -0.0991 e. The van der Waals surface area contributed by atoms with Gasteiger partial charge >= 0.3 is 0 Å². The highest BCUT2D eigenvalue weighted by atomic mass is 13.9. The second kappa shape index (κ2) is 8.76. The van der Waals surface area contributed by atoms with Gasteiger partial charge in [0, 0.05) is 0 Å². The average molecular weight is 198 g/mol. The van der Waals surface area contributed by atoms with Gasteiger partial charge in [-0.05, 0) is 18.1 Å². The van der Waals surface area contributed by atoms with E-state index in [-0.39, 0.29) is 0 Å². The SMILES string of the molecule is C=C/C=C\C(=C)/C=C/C(/C=C\C)=C/C=C. The summed E-state index contributed by atoms with van der Waals surface area (Å²) in [5, 5.41) is 0. The van der Waals surface area contributed by atoms with Crippen molar-refractivity contribution in [3.8, 4) is 0 Å². The molecule has 15 heavy (non-hydrogen) atoms. The second-order valence-electron chi connectivity index (χ2n) is 2.91. The molecule has 0 nitrogen and oxygen atoms in total. The number of hydrogen-bond donors (Lipinski definition) is 0. The van der Waals surface area contributed by atoms with E-state index in [1.54, 1.807) is 12.2 Å². The van der Waals surface area contributed by atoms with Gasteiger partial charge < -0.3 is 0 Å². The maximum Gasteiger partial charge on any atom is -0.0260 e. The Morgan fingerprint density at radius 2 is 1.67 bits per heavy atom. The first-order chi connectivity index (χ1) is 7.24. The van der Waals surface area contributed by atoms with Crippen LogP contribution in [0.4, 0.5) is 0 Å². The quantitative estimate of drug-likeness (QED) is 0.550. The van der Waals surface area contributed by atoms with Gasteiger partial charge in [-0.25, -0.2) is 0 Å². The van der Waals surface area contributed by atoms with Crippen LogP contribution in [-0.2, 0) is 0 Å². The van der Waals surface area contributed by atoms with Gasteiger partial charge in [0.1, 0.15) is 0 Å². The Bertz CT molecular complexity index is 333. The van der Waals surface area contributed by atoms with E-state index >= 15 is 0 Å². The van der Waals surface area contributed by atoms with Gasteiger partial charge in [0.15, 0.2) is 0 Å². The summed E-state index contributed by atoms with van der Waals surface area (Å²) in [7, 11) is 0. The van der Waals surface area contributed by atoms with Crippen molar-refractivity contribution in [3.63, 3.8) is 0 Å². The maximum absolute atomic E-state index is 3.89. The third kappa shape index (κ3) is 7.27. The lowest BCUT2D eigenvalue weighted by molar-refractivity contribution is 1.61. The first-order valence-corrected chi connectivity index (χ1v) is 4.86. The largest absolute Gasteiger partial charge is 0.0991 e. The summed E-state index contributed by atoms with van der Waals surface area (Å²) in [5.74, 6) is 0. The van der Waals surface area contributed by atoms with Gasteiger partial charge in [-0.1, -0.05) is 74.4 Å². The van der Waals surface area contributed by atoms with Crippen molar-refractivity contribution in [1.82, 2.24) is 0 Å². The molecule has 0 N–H and O–H groups in total. The molecule has 0 unspecified atom stereocenters. The fourth-order valence-corrected chi connectivity index (χ4v) is 0.946. The fourth-order valence-electron chi connectivity index (χ4n) is 0.946. The van der Waals surface area contributed by atoms with Gasteiger partial charge in [0.2, 0.25) is 0 Å². The Morgan fingerprint density at radius 1 is 0.933 bits per heavy atom. The highest BCUT2D eigenvalue weighted by molar-refractivity contribution is 5.39. The zero-order chi connectivity index (χ0) is 11.5. The molecule has 0 aromatic rings. The van der Waals surface area contributed by atoms with Gasteiger partial charge in [-0.15, -0.1) is 0 Å². The number of hydrogen-bond acceptors (Lipinski definition) is 0. The lowest BCUT2D eigenvalue weighted by atomic mass is 10.1. The molecule has 0 saturated heterocycles. The van der Waals surface area contributed by atoms with Crippen LogP contribution in [0.5, 0.6) is 0 Å². The third-order valence-electron chi connectivity index (χ3n) is 1.61. The normalized spacial score (nSPS) is 12.7. The average Bonchev–Trinajstić information content (AvgIpc) is 2.23. The summed E-state index contributed by atoms with van der Waals surface area (Å²) in [6.07, 6.45) is 17.2. The predicted molar refractivity (Wildman–Crippen MR) is 70.7 cm³/mol. The van der Waals surface area contributed by atoms with Crippen LogP contribution in [0.25, 0.3) is 0 Å². The summed E-state index contributed by atoms with van der Waals surface area (Å²) in [4.78, 5) is 0. The highest BCUT2D eigenvalue weighted by Crippen LogP contribution is 2.04. The van der Waals surface area contributed by atoms with E-state index in [1.807, 2.05) is 49.5 Å². The molecule has 0 radical (unpaired) electrons. The van der Waals surface area contributed by atoms with E-state index in [0.29, 0.717) is 0 Å². The second-order valence-corrected chi connectivity index (χ2v) is 2.91. The lowest BCUT2D eigenvalue weighted by Gasteiger charge is -1.92. The molecule has 0 aromatic carbocycles. The van der Waals surface area contributed by atoms with Crippen LogP contribution in [-0.4, -0.2) is 0 Å². The van der Waals surface area contributed by atoms with Gasteiger partial charge in [0.05, 0.1) is 0 Å². The summed E-state index contributed by atoms with van der Waals surface area (Å²) in [6.45, 7) is 13.1. The van der Waals surface area contributed by atoms with Crippen LogP contribution in [0.2, 0.25) is 0 Å². The molecule has 0 amide bonds. The molecule has 0 aliphatic heterocycles. The Balaban J connectivity index is 4.53. The maximum atomic E-state index is 3.89. The Labute approximate surface area is 93.0 Å². The first-order valence-electron chi connectivity index (χ1n) is 4.86. The van der Waals surface area contributed by atoms with Crippen molar-refractivity contribution in [2.45, 2.75) is 6.92 Å². The Kier molecular flexibility index (Phi) is 7.70. The first kappa shape index (κ1) is 13.2. The summed E-state index contributed by atoms with van der Waals surface area (Å²) in [5.41, 5.74) is 2.04. The third-order valence-corrected chi connectivity index (χ3v) is 1.61. The molecule has 0 atom stereocenters. The topological polar surface area (TPSA) is 0 Å². The van der Waals surface area contributed by atoms with Crippen LogP contribution >= 0.6 is 0 Å². The van der Waals surface area contributed by atoms with Crippen molar-refractivity contribution in [2.24, 2.45) is 0 Å². The Morgan fingerprint density at radius 3 is 2.20 bits per heavy atom. The molecular weight excluding hydrogens is 180 g/mol. The smallest absolute Gasteiger partial charge is 0.0260 e. The molecule has 0 aliphatic carbocycles. The van der Waals surface area contributed by atoms with Crippen LogP contribution in [0.3, 0.4) is 0 Å². The van der Waals surface area contributed by atoms with Gasteiger partial charge in [-0.2, -0.15) is 0 Å². The fraction of sp³-hybridized carbons (Fsp3) is 0.0667. The highest BCUT2D eigenvalue weighted by Gasteiger charge is 1.83. The Hall–Kier alpha value is -1.82. The van der Waals surface area contributed by atoms with Crippen LogP contribution in [0.15, 0.2) is 85.6 Å². The van der Waals surface area contributed by atoms with Crippen molar-refractivity contribution in [1.29, 1.82) is 0 Å². The van der Waals surface area contributed by atoms with Crippen molar-refractivity contribution in [3.05, 3.63) is 85.6 Å². The molecule has 0 aromatic heterocycles. The van der Waals surface area contributed by atoms with Crippen LogP contribution in [0.1, 0.15) is 6.92 Å². The molecule has 0 saturated carbocycles. The van der Waals surface area contributed by atoms with E-state index in [1.165, 1.54) is 0 Å².